The molecule has 80 valence electrons. The summed E-state index contributed by atoms with van der Waals surface area (Å²) in [5.41, 5.74) is 2.16. The van der Waals surface area contributed by atoms with E-state index in [2.05, 4.69) is 10.3 Å². The van der Waals surface area contributed by atoms with Crippen molar-refractivity contribution in [1.82, 2.24) is 4.98 Å². The molecule has 1 unspecified atom stereocenters. The number of nitrogens with one attached hydrogen (secondary N) is 2. The number of rotatable bonds is 2. The number of hydrogen-bond donors (Lipinski definition) is 2. The van der Waals surface area contributed by atoms with Crippen molar-refractivity contribution in [2.24, 2.45) is 0 Å². The van der Waals surface area contributed by atoms with Gasteiger partial charge in [0.05, 0.1) is 5.56 Å². The van der Waals surface area contributed by atoms with Gasteiger partial charge in [0, 0.05) is 5.69 Å². The highest BCUT2D eigenvalue weighted by Crippen LogP contribution is 2.21. The number of alkyl halides is 1. The standard InChI is InChI=1S/C10H12ClN3O/c1-5-7(3)13-9(8(5)4-12)14-10(15)6(2)11/h6,13H,1-3H3,(H,14,15). The monoisotopic (exact) mass is 225 g/mol. The van der Waals surface area contributed by atoms with Gasteiger partial charge in [0.1, 0.15) is 17.3 Å². The molecular formula is C10H12ClN3O. The van der Waals surface area contributed by atoms with Crippen LogP contribution in [0, 0.1) is 25.2 Å². The second-order valence-corrected chi connectivity index (χ2v) is 4.00. The molecule has 0 aliphatic rings. The number of H-pyrrole nitrogens is 1. The van der Waals surface area contributed by atoms with Crippen LogP contribution in [-0.4, -0.2) is 16.3 Å². The van der Waals surface area contributed by atoms with Crippen molar-refractivity contribution in [3.05, 3.63) is 16.8 Å². The average molecular weight is 226 g/mol. The van der Waals surface area contributed by atoms with Crippen molar-refractivity contribution in [2.75, 3.05) is 5.32 Å². The summed E-state index contributed by atoms with van der Waals surface area (Å²) in [6.07, 6.45) is 0. The Hall–Kier alpha value is -1.47. The number of aryl methyl sites for hydroxylation is 1. The third kappa shape index (κ3) is 2.31. The lowest BCUT2D eigenvalue weighted by Gasteiger charge is -2.04. The number of anilines is 1. The van der Waals surface area contributed by atoms with Crippen LogP contribution in [0.5, 0.6) is 0 Å². The number of carbonyl (C=O) groups is 1. The third-order valence-corrected chi connectivity index (χ3v) is 2.42. The molecule has 0 radical (unpaired) electrons. The van der Waals surface area contributed by atoms with Gasteiger partial charge in [0.2, 0.25) is 5.91 Å². The summed E-state index contributed by atoms with van der Waals surface area (Å²) in [5, 5.41) is 10.9. The average Bonchev–Trinajstić information content (AvgIpc) is 2.42. The van der Waals surface area contributed by atoms with Gasteiger partial charge in [-0.2, -0.15) is 5.26 Å². The van der Waals surface area contributed by atoms with Crippen molar-refractivity contribution < 1.29 is 4.79 Å². The fourth-order valence-corrected chi connectivity index (χ4v) is 1.23. The van der Waals surface area contributed by atoms with E-state index in [1.165, 1.54) is 0 Å². The Balaban J connectivity index is 3.02. The Bertz CT molecular complexity index is 429. The van der Waals surface area contributed by atoms with Crippen LogP contribution < -0.4 is 5.32 Å². The normalized spacial score (nSPS) is 11.9. The number of hydrogen-bond acceptors (Lipinski definition) is 2. The van der Waals surface area contributed by atoms with E-state index in [0.717, 1.165) is 11.3 Å². The summed E-state index contributed by atoms with van der Waals surface area (Å²) >= 11 is 5.61. The first kappa shape index (κ1) is 11.6. The smallest absolute Gasteiger partial charge is 0.243 e. The minimum Gasteiger partial charge on any atom is -0.344 e. The quantitative estimate of drug-likeness (QED) is 0.757. The molecule has 1 atom stereocenters. The summed E-state index contributed by atoms with van der Waals surface area (Å²) in [6, 6.07) is 2.04. The SMILES string of the molecule is Cc1[nH]c(NC(=O)C(C)Cl)c(C#N)c1C. The van der Waals surface area contributed by atoms with E-state index in [4.69, 9.17) is 16.9 Å². The summed E-state index contributed by atoms with van der Waals surface area (Å²) < 4.78 is 0. The minimum atomic E-state index is -0.625. The van der Waals surface area contributed by atoms with E-state index < -0.39 is 5.38 Å². The molecule has 0 aromatic carbocycles. The third-order valence-electron chi connectivity index (χ3n) is 2.22. The molecule has 4 nitrogen and oxygen atoms in total. The molecule has 0 aliphatic carbocycles. The highest BCUT2D eigenvalue weighted by atomic mass is 35.5. The molecule has 0 bridgehead atoms. The van der Waals surface area contributed by atoms with Crippen LogP contribution in [0.15, 0.2) is 0 Å². The largest absolute Gasteiger partial charge is 0.344 e. The lowest BCUT2D eigenvalue weighted by Crippen LogP contribution is -2.21. The van der Waals surface area contributed by atoms with Gasteiger partial charge in [-0.1, -0.05) is 0 Å². The molecule has 0 spiro atoms. The zero-order chi connectivity index (χ0) is 11.6. The molecular weight excluding hydrogens is 214 g/mol. The van der Waals surface area contributed by atoms with Gasteiger partial charge in [-0.15, -0.1) is 11.6 Å². The molecule has 0 saturated carbocycles. The fourth-order valence-electron chi connectivity index (χ4n) is 1.17. The Kier molecular flexibility index (Phi) is 3.38. The predicted molar refractivity (Wildman–Crippen MR) is 58.9 cm³/mol. The van der Waals surface area contributed by atoms with Gasteiger partial charge in [-0.25, -0.2) is 0 Å². The first-order valence-electron chi connectivity index (χ1n) is 4.51. The van der Waals surface area contributed by atoms with Gasteiger partial charge < -0.3 is 10.3 Å². The Labute approximate surface area is 93.2 Å². The summed E-state index contributed by atoms with van der Waals surface area (Å²) in [5.74, 6) is 0.0967. The van der Waals surface area contributed by atoms with Gasteiger partial charge in [-0.05, 0) is 26.3 Å². The summed E-state index contributed by atoms with van der Waals surface area (Å²) in [4.78, 5) is 14.3. The maximum Gasteiger partial charge on any atom is 0.243 e. The van der Waals surface area contributed by atoms with Crippen molar-refractivity contribution in [2.45, 2.75) is 26.1 Å². The maximum absolute atomic E-state index is 11.3. The van der Waals surface area contributed by atoms with Gasteiger partial charge in [0.15, 0.2) is 0 Å². The Morgan fingerprint density at radius 3 is 2.67 bits per heavy atom. The van der Waals surface area contributed by atoms with Crippen molar-refractivity contribution in [1.29, 1.82) is 5.26 Å². The zero-order valence-corrected chi connectivity index (χ0v) is 9.57. The van der Waals surface area contributed by atoms with E-state index in [0.29, 0.717) is 11.4 Å². The number of halogens is 1. The number of aromatic nitrogens is 1. The Morgan fingerprint density at radius 1 is 1.60 bits per heavy atom. The number of amides is 1. The van der Waals surface area contributed by atoms with Gasteiger partial charge in [-0.3, -0.25) is 4.79 Å². The first-order chi connectivity index (χ1) is 6.97. The molecule has 0 aliphatic heterocycles. The molecule has 15 heavy (non-hydrogen) atoms. The van der Waals surface area contributed by atoms with Gasteiger partial charge in [0.25, 0.3) is 0 Å². The molecule has 1 rings (SSSR count). The highest BCUT2D eigenvalue weighted by Gasteiger charge is 2.16. The van der Waals surface area contributed by atoms with Crippen LogP contribution in [0.1, 0.15) is 23.7 Å². The summed E-state index contributed by atoms with van der Waals surface area (Å²) in [7, 11) is 0. The second kappa shape index (κ2) is 4.37. The van der Waals surface area contributed by atoms with Crippen LogP contribution >= 0.6 is 11.6 Å². The van der Waals surface area contributed by atoms with Crippen LogP contribution in [0.25, 0.3) is 0 Å². The molecule has 2 N–H and O–H groups in total. The topological polar surface area (TPSA) is 68.7 Å². The maximum atomic E-state index is 11.3. The van der Waals surface area contributed by atoms with E-state index in [1.807, 2.05) is 19.9 Å². The molecule has 0 fully saturated rings. The lowest BCUT2D eigenvalue weighted by molar-refractivity contribution is -0.115. The number of nitrogens with zero attached hydrogens (tertiary/aromatic N) is 1. The molecule has 1 aromatic rings. The zero-order valence-electron chi connectivity index (χ0n) is 8.81. The fraction of sp³-hybridized carbons (Fsp3) is 0.400. The van der Waals surface area contributed by atoms with Crippen molar-refractivity contribution in [3.63, 3.8) is 0 Å². The van der Waals surface area contributed by atoms with E-state index in [-0.39, 0.29) is 5.91 Å². The lowest BCUT2D eigenvalue weighted by atomic mass is 10.2. The van der Waals surface area contributed by atoms with E-state index in [1.54, 1.807) is 6.92 Å². The molecule has 1 heterocycles. The molecule has 0 saturated heterocycles. The second-order valence-electron chi connectivity index (χ2n) is 3.34. The molecule has 5 heteroatoms. The van der Waals surface area contributed by atoms with Crippen LogP contribution in [0.2, 0.25) is 0 Å². The van der Waals surface area contributed by atoms with E-state index in [9.17, 15) is 4.79 Å². The predicted octanol–water partition coefficient (Wildman–Crippen LogP) is 2.07. The number of carbonyl (C=O) groups excluding carboxylic acids is 1. The van der Waals surface area contributed by atoms with E-state index >= 15 is 0 Å². The first-order valence-corrected chi connectivity index (χ1v) is 4.95. The van der Waals surface area contributed by atoms with Gasteiger partial charge >= 0.3 is 0 Å². The number of aromatic amines is 1. The minimum absolute atomic E-state index is 0.325. The van der Waals surface area contributed by atoms with Crippen LogP contribution in [-0.2, 0) is 4.79 Å². The summed E-state index contributed by atoms with van der Waals surface area (Å²) in [6.45, 7) is 5.24. The van der Waals surface area contributed by atoms with Crippen LogP contribution in [0.4, 0.5) is 5.82 Å². The number of nitriles is 1. The molecule has 1 aromatic heterocycles. The van der Waals surface area contributed by atoms with Crippen molar-refractivity contribution >= 4 is 23.3 Å². The highest BCUT2D eigenvalue weighted by molar-refractivity contribution is 6.32. The van der Waals surface area contributed by atoms with Crippen molar-refractivity contribution in [3.8, 4) is 6.07 Å². The molecule has 1 amide bonds. The van der Waals surface area contributed by atoms with Crippen LogP contribution in [0.3, 0.4) is 0 Å². The Morgan fingerprint density at radius 2 is 2.20 bits per heavy atom.